The lowest BCUT2D eigenvalue weighted by Gasteiger charge is -2.11. The van der Waals surface area contributed by atoms with Crippen molar-refractivity contribution < 1.29 is 0 Å². The van der Waals surface area contributed by atoms with Crippen LogP contribution in [0.1, 0.15) is 12.7 Å². The molecule has 2 N–H and O–H groups in total. The molecule has 0 amide bonds. The molecule has 18 heavy (non-hydrogen) atoms. The summed E-state index contributed by atoms with van der Waals surface area (Å²) in [4.78, 5) is 8.49. The first kappa shape index (κ1) is 10.8. The fraction of sp³-hybridized carbons (Fsp3) is 0.143. The zero-order valence-electron chi connectivity index (χ0n) is 10.2. The van der Waals surface area contributed by atoms with E-state index < -0.39 is 0 Å². The largest absolute Gasteiger partial charge is 0.398 e. The number of benzene rings is 1. The number of rotatable bonds is 2. The van der Waals surface area contributed by atoms with Crippen molar-refractivity contribution in [3.05, 3.63) is 48.8 Å². The Hall–Kier alpha value is -2.36. The van der Waals surface area contributed by atoms with Gasteiger partial charge in [0.05, 0.1) is 5.69 Å². The standard InChI is InChI=1S/C14H14N4/c1-2-14-17-7-8-18(14)13-4-3-12(15)11-9-16-6-5-10(11)13/h3-9H,2,15H2,1H3. The number of nitrogens with zero attached hydrogens (tertiary/aromatic N) is 3. The summed E-state index contributed by atoms with van der Waals surface area (Å²) < 4.78 is 2.10. The summed E-state index contributed by atoms with van der Waals surface area (Å²) in [5, 5.41) is 2.07. The predicted molar refractivity (Wildman–Crippen MR) is 72.7 cm³/mol. The van der Waals surface area contributed by atoms with Gasteiger partial charge in [0.1, 0.15) is 5.82 Å². The minimum absolute atomic E-state index is 0.750. The third-order valence-electron chi connectivity index (χ3n) is 3.12. The van der Waals surface area contributed by atoms with E-state index >= 15 is 0 Å². The average molecular weight is 238 g/mol. The van der Waals surface area contributed by atoms with E-state index in [1.54, 1.807) is 12.4 Å². The Labute approximate surface area is 105 Å². The van der Waals surface area contributed by atoms with Crippen LogP contribution in [0, 0.1) is 0 Å². The van der Waals surface area contributed by atoms with Crippen molar-refractivity contribution in [2.75, 3.05) is 5.73 Å². The molecular weight excluding hydrogens is 224 g/mol. The highest BCUT2D eigenvalue weighted by Crippen LogP contribution is 2.27. The highest BCUT2D eigenvalue weighted by atomic mass is 15.1. The molecule has 0 aliphatic heterocycles. The highest BCUT2D eigenvalue weighted by molar-refractivity contribution is 5.97. The summed E-state index contributed by atoms with van der Waals surface area (Å²) in [6, 6.07) is 5.93. The van der Waals surface area contributed by atoms with Gasteiger partial charge in [-0.2, -0.15) is 0 Å². The molecule has 4 nitrogen and oxygen atoms in total. The fourth-order valence-corrected chi connectivity index (χ4v) is 2.22. The van der Waals surface area contributed by atoms with E-state index in [1.807, 2.05) is 30.6 Å². The fourth-order valence-electron chi connectivity index (χ4n) is 2.22. The Morgan fingerprint density at radius 3 is 2.89 bits per heavy atom. The summed E-state index contributed by atoms with van der Waals surface area (Å²) in [5.41, 5.74) is 7.83. The van der Waals surface area contributed by atoms with Gasteiger partial charge in [-0.25, -0.2) is 4.98 Å². The Bertz CT molecular complexity index is 700. The van der Waals surface area contributed by atoms with Crippen LogP contribution in [0.3, 0.4) is 0 Å². The number of aryl methyl sites for hydroxylation is 1. The molecule has 0 aliphatic carbocycles. The lowest BCUT2D eigenvalue weighted by atomic mass is 10.1. The van der Waals surface area contributed by atoms with Crippen LogP contribution in [-0.2, 0) is 6.42 Å². The number of nitrogen functional groups attached to an aromatic ring is 1. The van der Waals surface area contributed by atoms with Gasteiger partial charge in [0.25, 0.3) is 0 Å². The topological polar surface area (TPSA) is 56.7 Å². The number of pyridine rings is 1. The molecule has 0 saturated heterocycles. The van der Waals surface area contributed by atoms with E-state index in [0.717, 1.165) is 34.4 Å². The Morgan fingerprint density at radius 2 is 2.06 bits per heavy atom. The zero-order chi connectivity index (χ0) is 12.5. The number of nitrogens with two attached hydrogens (primary N) is 1. The van der Waals surface area contributed by atoms with Crippen molar-refractivity contribution in [2.24, 2.45) is 0 Å². The van der Waals surface area contributed by atoms with Crippen LogP contribution in [0.25, 0.3) is 16.5 Å². The maximum absolute atomic E-state index is 5.98. The van der Waals surface area contributed by atoms with Crippen LogP contribution in [0.15, 0.2) is 43.0 Å². The van der Waals surface area contributed by atoms with Gasteiger partial charge in [0.2, 0.25) is 0 Å². The monoisotopic (exact) mass is 238 g/mol. The van der Waals surface area contributed by atoms with Crippen molar-refractivity contribution in [1.82, 2.24) is 14.5 Å². The molecule has 1 aromatic carbocycles. The Kier molecular flexibility index (Phi) is 2.48. The van der Waals surface area contributed by atoms with Gasteiger partial charge >= 0.3 is 0 Å². The maximum atomic E-state index is 5.98. The number of aromatic nitrogens is 3. The lowest BCUT2D eigenvalue weighted by Crippen LogP contribution is -2.01. The van der Waals surface area contributed by atoms with E-state index in [-0.39, 0.29) is 0 Å². The SMILES string of the molecule is CCc1nccn1-c1ccc(N)c2cnccc12. The third-order valence-corrected chi connectivity index (χ3v) is 3.12. The van der Waals surface area contributed by atoms with Crippen molar-refractivity contribution >= 4 is 16.5 Å². The van der Waals surface area contributed by atoms with E-state index in [9.17, 15) is 0 Å². The first-order valence-electron chi connectivity index (χ1n) is 5.96. The van der Waals surface area contributed by atoms with Crippen LogP contribution < -0.4 is 5.73 Å². The number of hydrogen-bond donors (Lipinski definition) is 1. The molecule has 0 aliphatic rings. The molecule has 0 radical (unpaired) electrons. The van der Waals surface area contributed by atoms with Gasteiger partial charge < -0.3 is 10.3 Å². The molecule has 0 atom stereocenters. The Balaban J connectivity index is 2.34. The predicted octanol–water partition coefficient (Wildman–Crippen LogP) is 2.57. The molecule has 2 aromatic heterocycles. The minimum Gasteiger partial charge on any atom is -0.398 e. The molecule has 0 fully saturated rings. The average Bonchev–Trinajstić information content (AvgIpc) is 2.88. The molecule has 0 spiro atoms. The molecule has 0 bridgehead atoms. The van der Waals surface area contributed by atoms with Gasteiger partial charge in [-0.1, -0.05) is 6.92 Å². The van der Waals surface area contributed by atoms with Gasteiger partial charge in [0, 0.05) is 47.7 Å². The summed E-state index contributed by atoms with van der Waals surface area (Å²) in [6.07, 6.45) is 8.28. The molecule has 2 heterocycles. The van der Waals surface area contributed by atoms with E-state index in [2.05, 4.69) is 21.5 Å². The summed E-state index contributed by atoms with van der Waals surface area (Å²) in [6.45, 7) is 2.10. The lowest BCUT2D eigenvalue weighted by molar-refractivity contribution is 0.896. The van der Waals surface area contributed by atoms with E-state index in [0.29, 0.717) is 0 Å². The van der Waals surface area contributed by atoms with Crippen LogP contribution >= 0.6 is 0 Å². The van der Waals surface area contributed by atoms with Crippen molar-refractivity contribution in [3.63, 3.8) is 0 Å². The van der Waals surface area contributed by atoms with Crippen molar-refractivity contribution in [2.45, 2.75) is 13.3 Å². The maximum Gasteiger partial charge on any atom is 0.112 e. The molecule has 3 aromatic rings. The van der Waals surface area contributed by atoms with Gasteiger partial charge in [0.15, 0.2) is 0 Å². The second kappa shape index (κ2) is 4.14. The van der Waals surface area contributed by atoms with E-state index in [4.69, 9.17) is 5.73 Å². The van der Waals surface area contributed by atoms with Crippen molar-refractivity contribution in [3.8, 4) is 5.69 Å². The van der Waals surface area contributed by atoms with Crippen LogP contribution in [0.2, 0.25) is 0 Å². The minimum atomic E-state index is 0.750. The summed E-state index contributed by atoms with van der Waals surface area (Å²) >= 11 is 0. The van der Waals surface area contributed by atoms with Crippen molar-refractivity contribution in [1.29, 1.82) is 0 Å². The molecule has 0 saturated carbocycles. The van der Waals surface area contributed by atoms with Gasteiger partial charge in [-0.15, -0.1) is 0 Å². The number of fused-ring (bicyclic) bond motifs is 1. The summed E-state index contributed by atoms with van der Waals surface area (Å²) in [7, 11) is 0. The van der Waals surface area contributed by atoms with Crippen LogP contribution in [0.5, 0.6) is 0 Å². The molecule has 0 unspecified atom stereocenters. The zero-order valence-corrected chi connectivity index (χ0v) is 10.2. The molecule has 90 valence electrons. The molecule has 3 rings (SSSR count). The van der Waals surface area contributed by atoms with Gasteiger partial charge in [-0.05, 0) is 18.2 Å². The summed E-state index contributed by atoms with van der Waals surface area (Å²) in [5.74, 6) is 1.04. The second-order valence-electron chi connectivity index (χ2n) is 4.16. The molecule has 4 heteroatoms. The first-order valence-corrected chi connectivity index (χ1v) is 5.96. The quantitative estimate of drug-likeness (QED) is 0.698. The van der Waals surface area contributed by atoms with Crippen LogP contribution in [0.4, 0.5) is 5.69 Å². The number of hydrogen-bond acceptors (Lipinski definition) is 3. The second-order valence-corrected chi connectivity index (χ2v) is 4.16. The van der Waals surface area contributed by atoms with Crippen LogP contribution in [-0.4, -0.2) is 14.5 Å². The molecular formula is C14H14N4. The number of anilines is 1. The first-order chi connectivity index (χ1) is 8.81. The normalized spacial score (nSPS) is 10.9. The number of imidazole rings is 1. The highest BCUT2D eigenvalue weighted by Gasteiger charge is 2.08. The Morgan fingerprint density at radius 1 is 1.17 bits per heavy atom. The van der Waals surface area contributed by atoms with E-state index in [1.165, 1.54) is 0 Å². The smallest absolute Gasteiger partial charge is 0.112 e. The third kappa shape index (κ3) is 1.54. The van der Waals surface area contributed by atoms with Gasteiger partial charge in [-0.3, -0.25) is 4.98 Å².